The van der Waals surface area contributed by atoms with Gasteiger partial charge in [-0.1, -0.05) is 49.7 Å². The fourth-order valence-corrected chi connectivity index (χ4v) is 3.86. The molecule has 156 valence electrons. The fourth-order valence-electron chi connectivity index (χ4n) is 2.94. The Bertz CT molecular complexity index is 1150. The molecule has 0 spiro atoms. The van der Waals surface area contributed by atoms with Crippen molar-refractivity contribution in [2.45, 2.75) is 24.7 Å². The van der Waals surface area contributed by atoms with E-state index in [1.807, 2.05) is 48.0 Å². The molecule has 3 N–H and O–H groups in total. The van der Waals surface area contributed by atoms with Gasteiger partial charge in [-0.2, -0.15) is 0 Å². The highest BCUT2D eigenvalue weighted by atomic mass is 32.2. The van der Waals surface area contributed by atoms with Crippen molar-refractivity contribution in [1.29, 1.82) is 0 Å². The summed E-state index contributed by atoms with van der Waals surface area (Å²) < 4.78 is 26.6. The Hall–Kier alpha value is -3.39. The Morgan fingerprint density at radius 3 is 2.33 bits per heavy atom. The summed E-state index contributed by atoms with van der Waals surface area (Å²) in [5, 5.41) is 7.05. The number of unbranched alkanes of at least 4 members (excludes halogenated alkanes) is 1. The number of sulfonamides is 1. The average Bonchev–Trinajstić information content (AvgIpc) is 2.73. The number of rotatable bonds is 7. The van der Waals surface area contributed by atoms with Crippen LogP contribution in [0.15, 0.2) is 71.6 Å². The van der Waals surface area contributed by atoms with E-state index in [0.29, 0.717) is 17.8 Å². The summed E-state index contributed by atoms with van der Waals surface area (Å²) in [6.07, 6.45) is 1.65. The van der Waals surface area contributed by atoms with Crippen molar-refractivity contribution in [1.82, 2.24) is 10.0 Å². The van der Waals surface area contributed by atoms with E-state index in [1.54, 1.807) is 6.07 Å². The van der Waals surface area contributed by atoms with E-state index in [1.165, 1.54) is 24.3 Å². The number of anilines is 1. The van der Waals surface area contributed by atoms with Crippen LogP contribution in [0.3, 0.4) is 0 Å². The highest BCUT2D eigenvalue weighted by Crippen LogP contribution is 2.20. The number of carbonyl (C=O) groups excluding carboxylic acids is 2. The number of amides is 3. The first-order valence-electron chi connectivity index (χ1n) is 9.60. The maximum absolute atomic E-state index is 12.7. The van der Waals surface area contributed by atoms with E-state index in [-0.39, 0.29) is 10.8 Å². The van der Waals surface area contributed by atoms with Crippen LogP contribution in [0, 0.1) is 0 Å². The predicted octanol–water partition coefficient (Wildman–Crippen LogP) is 3.88. The molecule has 8 heteroatoms. The van der Waals surface area contributed by atoms with Crippen molar-refractivity contribution in [3.05, 3.63) is 72.3 Å². The van der Waals surface area contributed by atoms with Crippen molar-refractivity contribution >= 4 is 38.4 Å². The van der Waals surface area contributed by atoms with Gasteiger partial charge in [-0.25, -0.2) is 17.9 Å². The van der Waals surface area contributed by atoms with Crippen molar-refractivity contribution in [2.24, 2.45) is 0 Å². The van der Waals surface area contributed by atoms with E-state index in [4.69, 9.17) is 0 Å². The number of urea groups is 1. The van der Waals surface area contributed by atoms with Gasteiger partial charge in [0.15, 0.2) is 0 Å². The molecule has 0 aliphatic carbocycles. The minimum Gasteiger partial charge on any atom is -0.337 e. The van der Waals surface area contributed by atoms with Crippen molar-refractivity contribution in [2.75, 3.05) is 11.9 Å². The summed E-state index contributed by atoms with van der Waals surface area (Å²) in [7, 11) is -4.00. The second kappa shape index (κ2) is 9.41. The lowest BCUT2D eigenvalue weighted by Crippen LogP contribution is -2.39. The highest BCUT2D eigenvalue weighted by molar-refractivity contribution is 7.90. The van der Waals surface area contributed by atoms with Crippen LogP contribution in [0.4, 0.5) is 10.5 Å². The molecule has 0 fully saturated rings. The van der Waals surface area contributed by atoms with Crippen LogP contribution in [0.1, 0.15) is 30.1 Å². The van der Waals surface area contributed by atoms with Crippen LogP contribution in [-0.2, 0) is 10.0 Å². The number of fused-ring (bicyclic) bond motifs is 1. The summed E-state index contributed by atoms with van der Waals surface area (Å²) in [6, 6.07) is 17.9. The lowest BCUT2D eigenvalue weighted by molar-refractivity contribution is 0.102. The molecule has 30 heavy (non-hydrogen) atoms. The summed E-state index contributed by atoms with van der Waals surface area (Å²) in [6.45, 7) is 2.37. The molecular weight excluding hydrogens is 402 g/mol. The first kappa shape index (κ1) is 21.3. The second-order valence-corrected chi connectivity index (χ2v) is 8.40. The zero-order valence-corrected chi connectivity index (χ0v) is 17.3. The summed E-state index contributed by atoms with van der Waals surface area (Å²) in [5.74, 6) is -0.296. The number of hydrogen-bond acceptors (Lipinski definition) is 4. The number of carbonyl (C=O) groups is 2. The summed E-state index contributed by atoms with van der Waals surface area (Å²) in [5.41, 5.74) is 0.967. The Balaban J connectivity index is 1.69. The SMILES string of the molecule is CCCCNC(=O)NS(=O)(=O)c1ccc(NC(=O)c2cccc3ccccc23)cc1. The fraction of sp³-hybridized carbons (Fsp3) is 0.182. The molecule has 0 heterocycles. The van der Waals surface area contributed by atoms with Gasteiger partial charge in [0.2, 0.25) is 0 Å². The van der Waals surface area contributed by atoms with E-state index in [2.05, 4.69) is 10.6 Å². The first-order valence-corrected chi connectivity index (χ1v) is 11.1. The van der Waals surface area contributed by atoms with Crippen LogP contribution in [0.2, 0.25) is 0 Å². The minimum atomic E-state index is -4.00. The molecule has 0 saturated carbocycles. The Morgan fingerprint density at radius 2 is 1.60 bits per heavy atom. The van der Waals surface area contributed by atoms with Gasteiger partial charge < -0.3 is 10.6 Å². The van der Waals surface area contributed by atoms with Crippen LogP contribution in [0.5, 0.6) is 0 Å². The van der Waals surface area contributed by atoms with Gasteiger partial charge in [-0.15, -0.1) is 0 Å². The lowest BCUT2D eigenvalue weighted by Gasteiger charge is -2.10. The molecule has 3 aromatic rings. The van der Waals surface area contributed by atoms with Gasteiger partial charge in [0.1, 0.15) is 0 Å². The van der Waals surface area contributed by atoms with Crippen LogP contribution in [-0.4, -0.2) is 26.9 Å². The molecule has 0 saturated heterocycles. The third-order valence-electron chi connectivity index (χ3n) is 4.50. The average molecular weight is 426 g/mol. The van der Waals surface area contributed by atoms with Crippen molar-refractivity contribution in [3.63, 3.8) is 0 Å². The monoisotopic (exact) mass is 425 g/mol. The molecule has 0 aliphatic rings. The molecule has 3 aromatic carbocycles. The number of benzene rings is 3. The zero-order valence-electron chi connectivity index (χ0n) is 16.5. The molecule has 3 amide bonds. The second-order valence-electron chi connectivity index (χ2n) is 6.72. The van der Waals surface area contributed by atoms with Gasteiger partial charge in [0.25, 0.3) is 15.9 Å². The van der Waals surface area contributed by atoms with Crippen molar-refractivity contribution < 1.29 is 18.0 Å². The Kier molecular flexibility index (Phi) is 6.68. The molecule has 0 radical (unpaired) electrons. The van der Waals surface area contributed by atoms with Gasteiger partial charge in [0, 0.05) is 17.8 Å². The minimum absolute atomic E-state index is 0.0729. The summed E-state index contributed by atoms with van der Waals surface area (Å²) in [4.78, 5) is 24.3. The van der Waals surface area contributed by atoms with Gasteiger partial charge >= 0.3 is 6.03 Å². The largest absolute Gasteiger partial charge is 0.337 e. The molecule has 0 unspecified atom stereocenters. The lowest BCUT2D eigenvalue weighted by atomic mass is 10.0. The van der Waals surface area contributed by atoms with E-state index in [9.17, 15) is 18.0 Å². The van der Waals surface area contributed by atoms with Gasteiger partial charge in [0.05, 0.1) is 4.90 Å². The van der Waals surface area contributed by atoms with Crippen LogP contribution in [0.25, 0.3) is 10.8 Å². The van der Waals surface area contributed by atoms with Crippen molar-refractivity contribution in [3.8, 4) is 0 Å². The highest BCUT2D eigenvalue weighted by Gasteiger charge is 2.17. The van der Waals surface area contributed by atoms with Gasteiger partial charge in [-0.05, 0) is 47.5 Å². The molecule has 0 atom stereocenters. The summed E-state index contributed by atoms with van der Waals surface area (Å²) >= 11 is 0. The zero-order chi connectivity index (χ0) is 21.6. The molecule has 0 aliphatic heterocycles. The maximum Gasteiger partial charge on any atom is 0.328 e. The Labute approximate surface area is 175 Å². The molecule has 0 bridgehead atoms. The smallest absolute Gasteiger partial charge is 0.328 e. The molecule has 7 nitrogen and oxygen atoms in total. The number of hydrogen-bond donors (Lipinski definition) is 3. The van der Waals surface area contributed by atoms with Gasteiger partial charge in [-0.3, -0.25) is 4.79 Å². The number of nitrogens with one attached hydrogen (secondary N) is 3. The first-order chi connectivity index (χ1) is 14.4. The van der Waals surface area contributed by atoms with E-state index in [0.717, 1.165) is 23.6 Å². The third-order valence-corrected chi connectivity index (χ3v) is 5.85. The third kappa shape index (κ3) is 5.15. The Morgan fingerprint density at radius 1 is 0.900 bits per heavy atom. The van der Waals surface area contributed by atoms with Crippen LogP contribution < -0.4 is 15.4 Å². The topological polar surface area (TPSA) is 104 Å². The van der Waals surface area contributed by atoms with E-state index < -0.39 is 16.1 Å². The normalized spacial score (nSPS) is 11.1. The maximum atomic E-state index is 12.7. The predicted molar refractivity (Wildman–Crippen MR) is 117 cm³/mol. The van der Waals surface area contributed by atoms with Crippen LogP contribution >= 0.6 is 0 Å². The molecule has 0 aromatic heterocycles. The molecular formula is C22H23N3O4S. The standard InChI is InChI=1S/C22H23N3O4S/c1-2-3-15-23-22(27)25-30(28,29)18-13-11-17(12-14-18)24-21(26)20-10-6-8-16-7-4-5-9-19(16)20/h4-14H,2-3,15H2,1H3,(H,24,26)(H2,23,25,27). The molecule has 3 rings (SSSR count). The quantitative estimate of drug-likeness (QED) is 0.500. The van der Waals surface area contributed by atoms with E-state index >= 15 is 0 Å².